The summed E-state index contributed by atoms with van der Waals surface area (Å²) in [6.45, 7) is 4.54. The van der Waals surface area contributed by atoms with Crippen molar-refractivity contribution in [2.75, 3.05) is 27.2 Å². The van der Waals surface area contributed by atoms with Gasteiger partial charge in [0.1, 0.15) is 11.5 Å². The molecule has 1 fully saturated rings. The molecule has 1 aliphatic heterocycles. The van der Waals surface area contributed by atoms with E-state index in [2.05, 4.69) is 56.7 Å². The van der Waals surface area contributed by atoms with Crippen molar-refractivity contribution in [3.63, 3.8) is 0 Å². The first-order valence-electron chi connectivity index (χ1n) is 13.8. The number of methoxy groups -OCH3 is 1. The SMILES string of the molecule is COC(=O)c1ccnc(-c2ncc(CN(C)C3CCN(Cc4ccccc4)CC3)n2CCc2ccc(F)cc2)c1. The van der Waals surface area contributed by atoms with E-state index in [0.717, 1.165) is 56.7 Å². The number of piperidine rings is 1. The molecule has 7 nitrogen and oxygen atoms in total. The molecule has 0 bridgehead atoms. The van der Waals surface area contributed by atoms with Crippen LogP contribution in [0.5, 0.6) is 0 Å². The van der Waals surface area contributed by atoms with Gasteiger partial charge in [-0.1, -0.05) is 42.5 Å². The Morgan fingerprint density at radius 1 is 1.02 bits per heavy atom. The number of likely N-dealkylation sites (tertiary alicyclic amines) is 1. The number of pyridine rings is 1. The summed E-state index contributed by atoms with van der Waals surface area (Å²) in [6.07, 6.45) is 6.46. The normalized spacial score (nSPS) is 14.5. The summed E-state index contributed by atoms with van der Waals surface area (Å²) < 4.78 is 20.5. The van der Waals surface area contributed by atoms with Crippen molar-refractivity contribution in [1.82, 2.24) is 24.3 Å². The molecule has 5 rings (SSSR count). The average Bonchev–Trinajstić information content (AvgIpc) is 3.39. The maximum atomic E-state index is 13.5. The molecule has 4 aromatic rings. The molecule has 0 unspecified atom stereocenters. The number of carbonyl (C=O) groups is 1. The molecule has 0 N–H and O–H groups in total. The number of aromatic nitrogens is 3. The number of nitrogens with zero attached hydrogens (tertiary/aromatic N) is 5. The Bertz CT molecular complexity index is 1400. The van der Waals surface area contributed by atoms with Gasteiger partial charge in [0.25, 0.3) is 0 Å². The summed E-state index contributed by atoms with van der Waals surface area (Å²) in [7, 11) is 3.55. The van der Waals surface area contributed by atoms with Crippen LogP contribution in [0.15, 0.2) is 79.1 Å². The molecule has 3 heterocycles. The number of benzene rings is 2. The van der Waals surface area contributed by atoms with Crippen molar-refractivity contribution in [2.24, 2.45) is 0 Å². The van der Waals surface area contributed by atoms with Crippen LogP contribution in [-0.4, -0.2) is 63.6 Å². The Kier molecular flexibility index (Phi) is 8.98. The van der Waals surface area contributed by atoms with E-state index in [4.69, 9.17) is 9.72 Å². The third-order valence-corrected chi connectivity index (χ3v) is 7.73. The van der Waals surface area contributed by atoms with Crippen LogP contribution >= 0.6 is 0 Å². The lowest BCUT2D eigenvalue weighted by atomic mass is 10.0. The molecule has 40 heavy (non-hydrogen) atoms. The van der Waals surface area contributed by atoms with Crippen molar-refractivity contribution in [1.29, 1.82) is 0 Å². The first kappa shape index (κ1) is 27.7. The van der Waals surface area contributed by atoms with Crippen LogP contribution in [0.4, 0.5) is 4.39 Å². The van der Waals surface area contributed by atoms with Crippen LogP contribution in [0, 0.1) is 5.82 Å². The number of aryl methyl sites for hydroxylation is 1. The second-order valence-corrected chi connectivity index (χ2v) is 10.4. The van der Waals surface area contributed by atoms with E-state index in [0.29, 0.717) is 29.7 Å². The van der Waals surface area contributed by atoms with Gasteiger partial charge in [-0.2, -0.15) is 0 Å². The van der Waals surface area contributed by atoms with Gasteiger partial charge in [0.05, 0.1) is 24.6 Å². The fourth-order valence-electron chi connectivity index (χ4n) is 5.43. The molecular weight excluding hydrogens is 505 g/mol. The lowest BCUT2D eigenvalue weighted by Gasteiger charge is -2.37. The molecule has 1 saturated heterocycles. The predicted octanol–water partition coefficient (Wildman–Crippen LogP) is 5.21. The summed E-state index contributed by atoms with van der Waals surface area (Å²) >= 11 is 0. The first-order valence-corrected chi connectivity index (χ1v) is 13.8. The number of ether oxygens (including phenoxy) is 1. The highest BCUT2D eigenvalue weighted by atomic mass is 19.1. The van der Waals surface area contributed by atoms with E-state index >= 15 is 0 Å². The lowest BCUT2D eigenvalue weighted by Crippen LogP contribution is -2.43. The van der Waals surface area contributed by atoms with Gasteiger partial charge in [-0.3, -0.25) is 14.8 Å². The van der Waals surface area contributed by atoms with Crippen LogP contribution < -0.4 is 0 Å². The van der Waals surface area contributed by atoms with Gasteiger partial charge < -0.3 is 9.30 Å². The van der Waals surface area contributed by atoms with Crippen molar-refractivity contribution < 1.29 is 13.9 Å². The smallest absolute Gasteiger partial charge is 0.337 e. The second kappa shape index (κ2) is 13.0. The Labute approximate surface area is 235 Å². The molecule has 0 saturated carbocycles. The maximum Gasteiger partial charge on any atom is 0.337 e. The Morgan fingerprint density at radius 2 is 1.77 bits per heavy atom. The van der Waals surface area contributed by atoms with Gasteiger partial charge in [-0.25, -0.2) is 14.2 Å². The zero-order chi connectivity index (χ0) is 27.9. The molecule has 8 heteroatoms. The van der Waals surface area contributed by atoms with Gasteiger partial charge >= 0.3 is 5.97 Å². The van der Waals surface area contributed by atoms with Crippen LogP contribution in [0.2, 0.25) is 0 Å². The van der Waals surface area contributed by atoms with E-state index in [1.54, 1.807) is 18.3 Å². The van der Waals surface area contributed by atoms with E-state index in [1.807, 2.05) is 18.3 Å². The fourth-order valence-corrected chi connectivity index (χ4v) is 5.43. The zero-order valence-electron chi connectivity index (χ0n) is 23.2. The van der Waals surface area contributed by atoms with Gasteiger partial charge in [-0.05, 0) is 74.8 Å². The topological polar surface area (TPSA) is 63.5 Å². The molecule has 0 radical (unpaired) electrons. The maximum absolute atomic E-state index is 13.5. The number of rotatable bonds is 10. The monoisotopic (exact) mass is 541 g/mol. The first-order chi connectivity index (χ1) is 19.5. The molecule has 0 aliphatic carbocycles. The molecule has 208 valence electrons. The summed E-state index contributed by atoms with van der Waals surface area (Å²) in [5.74, 6) is 0.0496. The quantitative estimate of drug-likeness (QED) is 0.257. The van der Waals surface area contributed by atoms with Crippen LogP contribution in [0.3, 0.4) is 0 Å². The number of imidazole rings is 1. The van der Waals surface area contributed by atoms with Crippen molar-refractivity contribution in [3.8, 4) is 11.5 Å². The van der Waals surface area contributed by atoms with Crippen LogP contribution in [-0.2, 0) is 30.8 Å². The highest BCUT2D eigenvalue weighted by Crippen LogP contribution is 2.24. The molecule has 2 aromatic carbocycles. The standard InChI is InChI=1S/C32H36FN5O2/c1-36(28-14-17-37(18-15-28)22-25-6-4-3-5-7-25)23-29-21-35-31(30-20-26(12-16-34-30)32(39)40-2)38(29)19-13-24-8-10-27(33)11-9-24/h3-12,16,20-21,28H,13-15,17-19,22-23H2,1-2H3. The van der Waals surface area contributed by atoms with Crippen molar-refractivity contribution >= 4 is 5.97 Å². The van der Waals surface area contributed by atoms with E-state index in [1.165, 1.54) is 24.8 Å². The molecule has 2 aromatic heterocycles. The Morgan fingerprint density at radius 3 is 2.50 bits per heavy atom. The van der Waals surface area contributed by atoms with E-state index in [9.17, 15) is 9.18 Å². The number of halogens is 1. The van der Waals surface area contributed by atoms with Gasteiger partial charge in [0, 0.05) is 31.9 Å². The third kappa shape index (κ3) is 6.81. The minimum absolute atomic E-state index is 0.243. The summed E-state index contributed by atoms with van der Waals surface area (Å²) in [5.41, 5.74) is 4.53. The average molecular weight is 542 g/mol. The van der Waals surface area contributed by atoms with Crippen molar-refractivity contribution in [2.45, 2.75) is 44.9 Å². The molecular formula is C32H36FN5O2. The highest BCUT2D eigenvalue weighted by molar-refractivity contribution is 5.90. The van der Waals surface area contributed by atoms with E-state index < -0.39 is 5.97 Å². The highest BCUT2D eigenvalue weighted by Gasteiger charge is 2.24. The van der Waals surface area contributed by atoms with Gasteiger partial charge in [-0.15, -0.1) is 0 Å². The minimum Gasteiger partial charge on any atom is -0.465 e. The van der Waals surface area contributed by atoms with Crippen LogP contribution in [0.1, 0.15) is 40.0 Å². The second-order valence-electron chi connectivity index (χ2n) is 10.4. The largest absolute Gasteiger partial charge is 0.465 e. The summed E-state index contributed by atoms with van der Waals surface area (Å²) in [5, 5.41) is 0. The van der Waals surface area contributed by atoms with Gasteiger partial charge in [0.2, 0.25) is 0 Å². The van der Waals surface area contributed by atoms with Crippen molar-refractivity contribution in [3.05, 3.63) is 107 Å². The number of carbonyl (C=O) groups excluding carboxylic acids is 1. The summed E-state index contributed by atoms with van der Waals surface area (Å²) in [6, 6.07) is 21.1. The molecule has 0 spiro atoms. The van der Waals surface area contributed by atoms with E-state index in [-0.39, 0.29) is 5.82 Å². The third-order valence-electron chi connectivity index (χ3n) is 7.73. The number of hydrogen-bond acceptors (Lipinski definition) is 6. The minimum atomic E-state index is -0.411. The number of esters is 1. The van der Waals surface area contributed by atoms with Gasteiger partial charge in [0.15, 0.2) is 5.82 Å². The molecule has 1 aliphatic rings. The lowest BCUT2D eigenvalue weighted by molar-refractivity contribution is 0.0600. The zero-order valence-corrected chi connectivity index (χ0v) is 23.2. The fraction of sp³-hybridized carbons (Fsp3) is 0.344. The Hall–Kier alpha value is -3.88. The summed E-state index contributed by atoms with van der Waals surface area (Å²) in [4.78, 5) is 26.4. The predicted molar refractivity (Wildman–Crippen MR) is 153 cm³/mol. The van der Waals surface area contributed by atoms with Crippen LogP contribution in [0.25, 0.3) is 11.5 Å². The number of hydrogen-bond donors (Lipinski definition) is 0. The Balaban J connectivity index is 1.31. The molecule has 0 amide bonds. The molecule has 0 atom stereocenters.